The van der Waals surface area contributed by atoms with Gasteiger partial charge < -0.3 is 5.73 Å². The molecule has 1 aliphatic rings. The minimum absolute atomic E-state index is 0.203. The molecule has 0 radical (unpaired) electrons. The van der Waals surface area contributed by atoms with E-state index in [1.165, 1.54) is 29.8 Å². The molecule has 1 aromatic heterocycles. The molecule has 1 saturated carbocycles. The number of hydrogen-bond acceptors (Lipinski definition) is 2. The molecule has 0 amide bonds. The van der Waals surface area contributed by atoms with Crippen LogP contribution in [-0.2, 0) is 6.42 Å². The van der Waals surface area contributed by atoms with Gasteiger partial charge in [0.2, 0.25) is 0 Å². The first-order valence-corrected chi connectivity index (χ1v) is 7.18. The second-order valence-corrected chi connectivity index (χ2v) is 6.42. The zero-order chi connectivity index (χ0) is 13.5. The van der Waals surface area contributed by atoms with Gasteiger partial charge in [0.05, 0.1) is 11.7 Å². The summed E-state index contributed by atoms with van der Waals surface area (Å²) in [6.07, 6.45) is 4.70. The molecule has 2 unspecified atom stereocenters. The Morgan fingerprint density at radius 3 is 2.61 bits per heavy atom. The van der Waals surface area contributed by atoms with E-state index in [1.807, 2.05) is 0 Å². The van der Waals surface area contributed by atoms with Crippen molar-refractivity contribution in [2.45, 2.75) is 72.4 Å². The summed E-state index contributed by atoms with van der Waals surface area (Å²) < 4.78 is 2.21. The highest BCUT2D eigenvalue weighted by molar-refractivity contribution is 5.25. The van der Waals surface area contributed by atoms with Crippen molar-refractivity contribution >= 4 is 0 Å². The summed E-state index contributed by atoms with van der Waals surface area (Å²) in [5.74, 6) is 0. The van der Waals surface area contributed by atoms with Crippen LogP contribution in [0.5, 0.6) is 0 Å². The van der Waals surface area contributed by atoms with E-state index < -0.39 is 0 Å². The molecule has 1 fully saturated rings. The van der Waals surface area contributed by atoms with Gasteiger partial charge in [-0.15, -0.1) is 0 Å². The molecule has 0 saturated heterocycles. The Morgan fingerprint density at radius 1 is 1.39 bits per heavy atom. The topological polar surface area (TPSA) is 43.8 Å². The highest BCUT2D eigenvalue weighted by Gasteiger charge is 2.38. The minimum Gasteiger partial charge on any atom is -0.325 e. The van der Waals surface area contributed by atoms with Crippen LogP contribution in [0.4, 0.5) is 0 Å². The van der Waals surface area contributed by atoms with E-state index in [4.69, 9.17) is 10.8 Å². The zero-order valence-electron chi connectivity index (χ0n) is 12.5. The summed E-state index contributed by atoms with van der Waals surface area (Å²) in [5.41, 5.74) is 10.6. The third kappa shape index (κ3) is 2.09. The first kappa shape index (κ1) is 13.6. The number of aromatic nitrogens is 2. The Morgan fingerprint density at radius 2 is 2.06 bits per heavy atom. The summed E-state index contributed by atoms with van der Waals surface area (Å²) in [6.45, 7) is 11.1. The first-order chi connectivity index (χ1) is 8.38. The van der Waals surface area contributed by atoms with Gasteiger partial charge in [0, 0.05) is 11.7 Å². The summed E-state index contributed by atoms with van der Waals surface area (Å²) in [6, 6.07) is 0.571. The van der Waals surface area contributed by atoms with Gasteiger partial charge in [-0.05, 0) is 44.1 Å². The number of nitrogens with two attached hydrogens (primary N) is 1. The van der Waals surface area contributed by atoms with E-state index in [2.05, 4.69) is 39.3 Å². The molecule has 102 valence electrons. The first-order valence-electron chi connectivity index (χ1n) is 7.18. The Hall–Kier alpha value is -0.830. The predicted molar refractivity (Wildman–Crippen MR) is 75.7 cm³/mol. The van der Waals surface area contributed by atoms with Crippen LogP contribution in [0.25, 0.3) is 0 Å². The van der Waals surface area contributed by atoms with Gasteiger partial charge in [-0.3, -0.25) is 4.68 Å². The van der Waals surface area contributed by atoms with Gasteiger partial charge in [0.25, 0.3) is 0 Å². The molecule has 3 heteroatoms. The van der Waals surface area contributed by atoms with Crippen LogP contribution in [0.1, 0.15) is 63.0 Å². The smallest absolute Gasteiger partial charge is 0.0678 e. The van der Waals surface area contributed by atoms with Crippen molar-refractivity contribution in [2.24, 2.45) is 11.1 Å². The molecule has 1 heterocycles. The van der Waals surface area contributed by atoms with Crippen molar-refractivity contribution in [2.75, 3.05) is 0 Å². The van der Waals surface area contributed by atoms with Crippen LogP contribution < -0.4 is 5.73 Å². The third-order valence-corrected chi connectivity index (χ3v) is 4.78. The molecule has 2 atom stereocenters. The lowest BCUT2D eigenvalue weighted by Crippen LogP contribution is -2.47. The van der Waals surface area contributed by atoms with Gasteiger partial charge in [0.1, 0.15) is 0 Å². The maximum absolute atomic E-state index is 6.50. The molecule has 0 spiro atoms. The molecule has 2 N–H and O–H groups in total. The van der Waals surface area contributed by atoms with E-state index in [0.29, 0.717) is 6.04 Å². The number of nitrogens with zero attached hydrogens (tertiary/aromatic N) is 2. The molecule has 0 bridgehead atoms. The van der Waals surface area contributed by atoms with E-state index in [-0.39, 0.29) is 11.5 Å². The maximum atomic E-state index is 6.50. The fraction of sp³-hybridized carbons (Fsp3) is 0.800. The van der Waals surface area contributed by atoms with Gasteiger partial charge in [-0.1, -0.05) is 27.2 Å². The Labute approximate surface area is 111 Å². The quantitative estimate of drug-likeness (QED) is 0.875. The van der Waals surface area contributed by atoms with Crippen molar-refractivity contribution in [3.63, 3.8) is 0 Å². The average Bonchev–Trinajstić information content (AvgIpc) is 2.58. The van der Waals surface area contributed by atoms with Crippen LogP contribution in [0, 0.1) is 19.3 Å². The molecule has 2 rings (SSSR count). The molecule has 0 aromatic carbocycles. The van der Waals surface area contributed by atoms with E-state index in [9.17, 15) is 0 Å². The second-order valence-electron chi connectivity index (χ2n) is 6.42. The summed E-state index contributed by atoms with van der Waals surface area (Å²) in [5, 5.41) is 4.76. The van der Waals surface area contributed by atoms with E-state index in [0.717, 1.165) is 12.8 Å². The second kappa shape index (κ2) is 4.69. The predicted octanol–water partition coefficient (Wildman–Crippen LogP) is 3.14. The van der Waals surface area contributed by atoms with Gasteiger partial charge >= 0.3 is 0 Å². The molecule has 0 aliphatic heterocycles. The number of rotatable bonds is 2. The third-order valence-electron chi connectivity index (χ3n) is 4.78. The van der Waals surface area contributed by atoms with Gasteiger partial charge in [-0.2, -0.15) is 5.10 Å². The zero-order valence-corrected chi connectivity index (χ0v) is 12.5. The Kier molecular flexibility index (Phi) is 3.54. The SMILES string of the molecule is CCc1c(C)nn(C2CCCC(C)(C)C2N)c1C. The molecule has 3 nitrogen and oxygen atoms in total. The summed E-state index contributed by atoms with van der Waals surface area (Å²) >= 11 is 0. The van der Waals surface area contributed by atoms with Crippen LogP contribution in [0.3, 0.4) is 0 Å². The molecule has 18 heavy (non-hydrogen) atoms. The lowest BCUT2D eigenvalue weighted by molar-refractivity contribution is 0.134. The molecular formula is C15H27N3. The lowest BCUT2D eigenvalue weighted by Gasteiger charge is -2.42. The van der Waals surface area contributed by atoms with Crippen molar-refractivity contribution < 1.29 is 0 Å². The number of aryl methyl sites for hydroxylation is 1. The minimum atomic E-state index is 0.203. The monoisotopic (exact) mass is 249 g/mol. The molecular weight excluding hydrogens is 222 g/mol. The molecule has 1 aliphatic carbocycles. The fourth-order valence-corrected chi connectivity index (χ4v) is 3.44. The van der Waals surface area contributed by atoms with Gasteiger partial charge in [0.15, 0.2) is 0 Å². The molecule has 1 aromatic rings. The van der Waals surface area contributed by atoms with Crippen LogP contribution in [0.15, 0.2) is 0 Å². The van der Waals surface area contributed by atoms with E-state index >= 15 is 0 Å². The van der Waals surface area contributed by atoms with E-state index in [1.54, 1.807) is 0 Å². The van der Waals surface area contributed by atoms with Crippen LogP contribution in [0.2, 0.25) is 0 Å². The normalized spacial score (nSPS) is 27.4. The van der Waals surface area contributed by atoms with Gasteiger partial charge in [-0.25, -0.2) is 0 Å². The fourth-order valence-electron chi connectivity index (χ4n) is 3.44. The van der Waals surface area contributed by atoms with Crippen LogP contribution >= 0.6 is 0 Å². The standard InChI is InChI=1S/C15H27N3/c1-6-12-10(2)17-18(11(12)3)13-8-7-9-15(4,5)14(13)16/h13-14H,6-9,16H2,1-5H3. The van der Waals surface area contributed by atoms with Crippen molar-refractivity contribution in [3.05, 3.63) is 17.0 Å². The van der Waals surface area contributed by atoms with Crippen molar-refractivity contribution in [1.29, 1.82) is 0 Å². The van der Waals surface area contributed by atoms with Crippen molar-refractivity contribution in [3.8, 4) is 0 Å². The summed E-state index contributed by atoms with van der Waals surface area (Å²) in [4.78, 5) is 0. The Balaban J connectivity index is 2.37. The number of hydrogen-bond donors (Lipinski definition) is 1. The highest BCUT2D eigenvalue weighted by atomic mass is 15.3. The highest BCUT2D eigenvalue weighted by Crippen LogP contribution is 2.40. The van der Waals surface area contributed by atoms with Crippen LogP contribution in [-0.4, -0.2) is 15.8 Å². The summed E-state index contributed by atoms with van der Waals surface area (Å²) in [7, 11) is 0. The largest absolute Gasteiger partial charge is 0.325 e. The average molecular weight is 249 g/mol. The maximum Gasteiger partial charge on any atom is 0.0678 e. The van der Waals surface area contributed by atoms with Crippen molar-refractivity contribution in [1.82, 2.24) is 9.78 Å². The lowest BCUT2D eigenvalue weighted by atomic mass is 9.71. The Bertz CT molecular complexity index is 431.